The number of hydrogen-bond donors (Lipinski definition) is 1. The van der Waals surface area contributed by atoms with Gasteiger partial charge in [-0.25, -0.2) is 0 Å². The van der Waals surface area contributed by atoms with E-state index in [2.05, 4.69) is 6.07 Å². The summed E-state index contributed by atoms with van der Waals surface area (Å²) >= 11 is 1.56. The van der Waals surface area contributed by atoms with Crippen LogP contribution in [0.25, 0.3) is 0 Å². The fourth-order valence-corrected chi connectivity index (χ4v) is 2.66. The number of nitriles is 1. The molecule has 0 radical (unpaired) electrons. The van der Waals surface area contributed by atoms with Crippen LogP contribution in [0.2, 0.25) is 0 Å². The maximum atomic E-state index is 11.8. The van der Waals surface area contributed by atoms with Crippen LogP contribution in [0.5, 0.6) is 0 Å². The summed E-state index contributed by atoms with van der Waals surface area (Å²) in [6, 6.07) is 2.07. The highest BCUT2D eigenvalue weighted by atomic mass is 32.2. The molecule has 2 atom stereocenters. The lowest BCUT2D eigenvalue weighted by Gasteiger charge is -2.22. The van der Waals surface area contributed by atoms with Gasteiger partial charge in [0.2, 0.25) is 5.91 Å². The SMILES string of the molecule is CCN(CC)C(=O)CSC(C)CC(C)(N)C#N. The molecule has 0 aromatic heterocycles. The Morgan fingerprint density at radius 3 is 2.47 bits per heavy atom. The number of hydrogen-bond acceptors (Lipinski definition) is 4. The molecule has 98 valence electrons. The largest absolute Gasteiger partial charge is 0.343 e. The summed E-state index contributed by atoms with van der Waals surface area (Å²) in [6.07, 6.45) is 0.597. The van der Waals surface area contributed by atoms with Gasteiger partial charge in [-0.15, -0.1) is 11.8 Å². The third kappa shape index (κ3) is 6.54. The van der Waals surface area contributed by atoms with E-state index in [9.17, 15) is 4.79 Å². The molecule has 17 heavy (non-hydrogen) atoms. The summed E-state index contributed by atoms with van der Waals surface area (Å²) in [7, 11) is 0. The van der Waals surface area contributed by atoms with Crippen LogP contribution in [0.4, 0.5) is 0 Å². The molecule has 0 bridgehead atoms. The molecule has 0 heterocycles. The molecular weight excluding hydrogens is 234 g/mol. The van der Waals surface area contributed by atoms with E-state index in [0.717, 1.165) is 13.1 Å². The first kappa shape index (κ1) is 16.3. The highest BCUT2D eigenvalue weighted by Gasteiger charge is 2.22. The van der Waals surface area contributed by atoms with Crippen molar-refractivity contribution in [3.63, 3.8) is 0 Å². The van der Waals surface area contributed by atoms with Gasteiger partial charge in [-0.05, 0) is 27.2 Å². The predicted octanol–water partition coefficient (Wildman–Crippen LogP) is 1.61. The van der Waals surface area contributed by atoms with Gasteiger partial charge in [-0.2, -0.15) is 5.26 Å². The monoisotopic (exact) mass is 257 g/mol. The van der Waals surface area contributed by atoms with E-state index < -0.39 is 5.54 Å². The minimum atomic E-state index is -0.801. The summed E-state index contributed by atoms with van der Waals surface area (Å²) in [4.78, 5) is 13.6. The van der Waals surface area contributed by atoms with Gasteiger partial charge in [-0.3, -0.25) is 4.79 Å². The number of thioether (sulfide) groups is 1. The van der Waals surface area contributed by atoms with E-state index in [1.807, 2.05) is 25.7 Å². The Balaban J connectivity index is 4.05. The summed E-state index contributed by atoms with van der Waals surface area (Å²) in [5.74, 6) is 0.618. The van der Waals surface area contributed by atoms with Gasteiger partial charge in [0.15, 0.2) is 0 Å². The number of rotatable bonds is 7. The van der Waals surface area contributed by atoms with Gasteiger partial charge in [0.1, 0.15) is 5.54 Å². The molecule has 2 N–H and O–H groups in total. The maximum Gasteiger partial charge on any atom is 0.232 e. The van der Waals surface area contributed by atoms with Crippen molar-refractivity contribution in [3.8, 4) is 6.07 Å². The second-order valence-corrected chi connectivity index (χ2v) is 5.85. The Kier molecular flexibility index (Phi) is 7.24. The number of nitrogens with two attached hydrogens (primary N) is 1. The van der Waals surface area contributed by atoms with Gasteiger partial charge >= 0.3 is 0 Å². The molecule has 5 heteroatoms. The minimum absolute atomic E-state index is 0.155. The van der Waals surface area contributed by atoms with Gasteiger partial charge in [-0.1, -0.05) is 6.92 Å². The van der Waals surface area contributed by atoms with E-state index in [-0.39, 0.29) is 11.2 Å². The Bertz CT molecular complexity index is 282. The van der Waals surface area contributed by atoms with Crippen LogP contribution in [-0.2, 0) is 4.79 Å². The number of carbonyl (C=O) groups is 1. The van der Waals surface area contributed by atoms with Crippen LogP contribution in [-0.4, -0.2) is 40.4 Å². The Hall–Kier alpha value is -0.730. The molecule has 0 aliphatic carbocycles. The fraction of sp³-hybridized carbons (Fsp3) is 0.833. The Labute approximate surface area is 109 Å². The molecule has 2 unspecified atom stereocenters. The normalized spacial score (nSPS) is 15.8. The Morgan fingerprint density at radius 1 is 1.53 bits per heavy atom. The van der Waals surface area contributed by atoms with Crippen LogP contribution in [0.15, 0.2) is 0 Å². The average Bonchev–Trinajstić information content (AvgIpc) is 2.27. The van der Waals surface area contributed by atoms with E-state index in [4.69, 9.17) is 11.0 Å². The van der Waals surface area contributed by atoms with Crippen LogP contribution < -0.4 is 5.73 Å². The minimum Gasteiger partial charge on any atom is -0.343 e. The lowest BCUT2D eigenvalue weighted by Crippen LogP contribution is -2.37. The van der Waals surface area contributed by atoms with Crippen molar-refractivity contribution >= 4 is 17.7 Å². The highest BCUT2D eigenvalue weighted by Crippen LogP contribution is 2.20. The second-order valence-electron chi connectivity index (χ2n) is 4.42. The van der Waals surface area contributed by atoms with Crippen LogP contribution in [0.3, 0.4) is 0 Å². The molecule has 0 aliphatic heterocycles. The van der Waals surface area contributed by atoms with Crippen molar-refractivity contribution in [2.75, 3.05) is 18.8 Å². The Morgan fingerprint density at radius 2 is 2.06 bits per heavy atom. The molecule has 0 aromatic carbocycles. The van der Waals surface area contributed by atoms with Crippen molar-refractivity contribution in [2.24, 2.45) is 5.73 Å². The second kappa shape index (κ2) is 7.57. The molecule has 0 aliphatic rings. The highest BCUT2D eigenvalue weighted by molar-refractivity contribution is 8.00. The molecule has 4 nitrogen and oxygen atoms in total. The van der Waals surface area contributed by atoms with Crippen molar-refractivity contribution in [1.82, 2.24) is 4.90 Å². The first-order valence-corrected chi connectivity index (χ1v) is 7.00. The zero-order valence-corrected chi connectivity index (χ0v) is 12.0. The lowest BCUT2D eigenvalue weighted by molar-refractivity contribution is -0.127. The van der Waals surface area contributed by atoms with Gasteiger partial charge < -0.3 is 10.6 Å². The van der Waals surface area contributed by atoms with Crippen LogP contribution >= 0.6 is 11.8 Å². The number of carbonyl (C=O) groups excluding carboxylic acids is 1. The van der Waals surface area contributed by atoms with Crippen molar-refractivity contribution in [1.29, 1.82) is 5.26 Å². The molecule has 0 saturated heterocycles. The molecular formula is C12H23N3OS. The zero-order valence-electron chi connectivity index (χ0n) is 11.2. The average molecular weight is 257 g/mol. The van der Waals surface area contributed by atoms with E-state index >= 15 is 0 Å². The van der Waals surface area contributed by atoms with Gasteiger partial charge in [0.05, 0.1) is 11.8 Å². The molecule has 0 fully saturated rings. The van der Waals surface area contributed by atoms with Crippen LogP contribution in [0, 0.1) is 11.3 Å². The lowest BCUT2D eigenvalue weighted by atomic mass is 10.00. The van der Waals surface area contributed by atoms with E-state index in [0.29, 0.717) is 12.2 Å². The predicted molar refractivity (Wildman–Crippen MR) is 72.7 cm³/mol. The van der Waals surface area contributed by atoms with Crippen molar-refractivity contribution < 1.29 is 4.79 Å². The fourth-order valence-electron chi connectivity index (χ4n) is 1.58. The first-order valence-electron chi connectivity index (χ1n) is 5.95. The first-order chi connectivity index (χ1) is 7.86. The van der Waals surface area contributed by atoms with Gasteiger partial charge in [0, 0.05) is 18.3 Å². The van der Waals surface area contributed by atoms with Gasteiger partial charge in [0.25, 0.3) is 0 Å². The third-order valence-corrected chi connectivity index (χ3v) is 3.72. The molecule has 0 saturated carbocycles. The number of amides is 1. The third-order valence-electron chi connectivity index (χ3n) is 2.57. The summed E-state index contributed by atoms with van der Waals surface area (Å²) < 4.78 is 0. The van der Waals surface area contributed by atoms with Crippen molar-refractivity contribution in [3.05, 3.63) is 0 Å². The summed E-state index contributed by atoms with van der Waals surface area (Å²) in [5.41, 5.74) is 4.96. The molecule has 1 amide bonds. The molecule has 0 rings (SSSR count). The molecule has 0 spiro atoms. The van der Waals surface area contributed by atoms with Crippen LogP contribution in [0.1, 0.15) is 34.1 Å². The number of nitrogens with zero attached hydrogens (tertiary/aromatic N) is 2. The van der Waals surface area contributed by atoms with Crippen molar-refractivity contribution in [2.45, 2.75) is 44.9 Å². The summed E-state index contributed by atoms with van der Waals surface area (Å²) in [5, 5.41) is 9.04. The quantitative estimate of drug-likeness (QED) is 0.752. The van der Waals surface area contributed by atoms with E-state index in [1.54, 1.807) is 18.7 Å². The standard InChI is InChI=1S/C12H23N3OS/c1-5-15(6-2)11(16)8-17-10(3)7-12(4,14)9-13/h10H,5-8,14H2,1-4H3. The zero-order chi connectivity index (χ0) is 13.5. The topological polar surface area (TPSA) is 70.1 Å². The summed E-state index contributed by atoms with van der Waals surface area (Å²) in [6.45, 7) is 9.16. The smallest absolute Gasteiger partial charge is 0.232 e. The van der Waals surface area contributed by atoms with E-state index in [1.165, 1.54) is 0 Å². The maximum absolute atomic E-state index is 11.8. The molecule has 0 aromatic rings.